The van der Waals surface area contributed by atoms with E-state index >= 15 is 0 Å². The van der Waals surface area contributed by atoms with E-state index in [4.69, 9.17) is 4.74 Å². The molecule has 2 heteroatoms. The standard InChI is InChI=1S/C16H23NO/c1-3-13-9-5-6-10-14(13)16(17-4-2)15-11-7-8-12-18-15/h5-6,9-11,16-17H,3-4,7-8,12H2,1-2H3. The number of allylic oxidation sites excluding steroid dienone is 1. The van der Waals surface area contributed by atoms with E-state index < -0.39 is 0 Å². The zero-order chi connectivity index (χ0) is 12.8. The van der Waals surface area contributed by atoms with Gasteiger partial charge >= 0.3 is 0 Å². The largest absolute Gasteiger partial charge is 0.496 e. The molecule has 0 saturated heterocycles. The summed E-state index contributed by atoms with van der Waals surface area (Å²) < 4.78 is 5.85. The third-order valence-electron chi connectivity index (χ3n) is 3.40. The van der Waals surface area contributed by atoms with E-state index in [1.165, 1.54) is 11.1 Å². The van der Waals surface area contributed by atoms with Gasteiger partial charge < -0.3 is 10.1 Å². The van der Waals surface area contributed by atoms with Crippen LogP contribution in [0.15, 0.2) is 36.1 Å². The van der Waals surface area contributed by atoms with E-state index in [1.807, 2.05) is 0 Å². The first-order chi connectivity index (χ1) is 8.86. The molecule has 0 spiro atoms. The highest BCUT2D eigenvalue weighted by molar-refractivity contribution is 5.34. The van der Waals surface area contributed by atoms with Gasteiger partial charge in [-0.3, -0.25) is 0 Å². The first kappa shape index (κ1) is 13.2. The molecule has 1 unspecified atom stereocenters. The van der Waals surface area contributed by atoms with Crippen molar-refractivity contribution in [2.75, 3.05) is 13.2 Å². The van der Waals surface area contributed by atoms with Crippen LogP contribution in [0.3, 0.4) is 0 Å². The number of aryl methyl sites for hydroxylation is 1. The molecule has 2 nitrogen and oxygen atoms in total. The minimum absolute atomic E-state index is 0.214. The summed E-state index contributed by atoms with van der Waals surface area (Å²) in [5.74, 6) is 1.10. The van der Waals surface area contributed by atoms with Crippen molar-refractivity contribution < 1.29 is 4.74 Å². The van der Waals surface area contributed by atoms with Crippen LogP contribution in [-0.4, -0.2) is 13.2 Å². The zero-order valence-corrected chi connectivity index (χ0v) is 11.4. The summed E-state index contributed by atoms with van der Waals surface area (Å²) in [5.41, 5.74) is 2.76. The van der Waals surface area contributed by atoms with Crippen molar-refractivity contribution in [1.82, 2.24) is 5.32 Å². The molecule has 0 aromatic heterocycles. The lowest BCUT2D eigenvalue weighted by atomic mass is 9.96. The second kappa shape index (κ2) is 6.60. The van der Waals surface area contributed by atoms with Gasteiger partial charge in [0.25, 0.3) is 0 Å². The molecular weight excluding hydrogens is 222 g/mol. The zero-order valence-electron chi connectivity index (χ0n) is 11.4. The van der Waals surface area contributed by atoms with Gasteiger partial charge in [-0.25, -0.2) is 0 Å². The fourth-order valence-corrected chi connectivity index (χ4v) is 2.48. The number of likely N-dealkylation sites (N-methyl/N-ethyl adjacent to an activating group) is 1. The van der Waals surface area contributed by atoms with Crippen LogP contribution in [0.2, 0.25) is 0 Å². The Bertz CT molecular complexity index is 411. The van der Waals surface area contributed by atoms with Gasteiger partial charge in [0.1, 0.15) is 5.76 Å². The fraction of sp³-hybridized carbons (Fsp3) is 0.500. The Morgan fingerprint density at radius 1 is 1.28 bits per heavy atom. The molecule has 98 valence electrons. The first-order valence-corrected chi connectivity index (χ1v) is 7.00. The number of rotatable bonds is 5. The van der Waals surface area contributed by atoms with Crippen molar-refractivity contribution in [3.8, 4) is 0 Å². The lowest BCUT2D eigenvalue weighted by Crippen LogP contribution is -2.26. The maximum atomic E-state index is 5.85. The summed E-state index contributed by atoms with van der Waals surface area (Å²) in [5, 5.41) is 3.55. The van der Waals surface area contributed by atoms with E-state index in [0.717, 1.165) is 38.2 Å². The Balaban J connectivity index is 2.31. The van der Waals surface area contributed by atoms with Crippen LogP contribution in [0.4, 0.5) is 0 Å². The van der Waals surface area contributed by atoms with Gasteiger partial charge in [0, 0.05) is 0 Å². The molecule has 1 atom stereocenters. The van der Waals surface area contributed by atoms with E-state index in [0.29, 0.717) is 0 Å². The van der Waals surface area contributed by atoms with Gasteiger partial charge in [-0.05, 0) is 43.0 Å². The predicted molar refractivity (Wildman–Crippen MR) is 75.5 cm³/mol. The molecule has 1 N–H and O–H groups in total. The summed E-state index contributed by atoms with van der Waals surface area (Å²) in [6.45, 7) is 6.15. The minimum atomic E-state index is 0.214. The molecule has 1 aromatic carbocycles. The number of hydrogen-bond donors (Lipinski definition) is 1. The van der Waals surface area contributed by atoms with Crippen molar-refractivity contribution in [2.45, 2.75) is 39.2 Å². The summed E-state index contributed by atoms with van der Waals surface area (Å²) in [6, 6.07) is 8.86. The van der Waals surface area contributed by atoms with Crippen molar-refractivity contribution in [1.29, 1.82) is 0 Å². The SMILES string of the molecule is CCNC(C1=CCCCO1)c1ccccc1CC. The van der Waals surface area contributed by atoms with E-state index in [2.05, 4.69) is 49.5 Å². The highest BCUT2D eigenvalue weighted by Gasteiger charge is 2.20. The molecule has 0 bridgehead atoms. The van der Waals surface area contributed by atoms with Crippen LogP contribution in [0, 0.1) is 0 Å². The monoisotopic (exact) mass is 245 g/mol. The minimum Gasteiger partial charge on any atom is -0.496 e. The van der Waals surface area contributed by atoms with Gasteiger partial charge in [0.2, 0.25) is 0 Å². The van der Waals surface area contributed by atoms with Gasteiger partial charge in [-0.2, -0.15) is 0 Å². The number of ether oxygens (including phenoxy) is 1. The molecule has 0 fully saturated rings. The molecule has 0 aliphatic carbocycles. The molecule has 2 rings (SSSR count). The second-order valence-corrected chi connectivity index (χ2v) is 4.64. The highest BCUT2D eigenvalue weighted by atomic mass is 16.5. The smallest absolute Gasteiger partial charge is 0.113 e. The summed E-state index contributed by atoms with van der Waals surface area (Å²) in [4.78, 5) is 0. The van der Waals surface area contributed by atoms with E-state index in [1.54, 1.807) is 0 Å². The lowest BCUT2D eigenvalue weighted by molar-refractivity contribution is 0.168. The number of nitrogens with one attached hydrogen (secondary N) is 1. The van der Waals surface area contributed by atoms with Crippen LogP contribution in [0.1, 0.15) is 43.9 Å². The van der Waals surface area contributed by atoms with Crippen molar-refractivity contribution >= 4 is 0 Å². The van der Waals surface area contributed by atoms with Crippen molar-refractivity contribution in [3.63, 3.8) is 0 Å². The van der Waals surface area contributed by atoms with Crippen LogP contribution >= 0.6 is 0 Å². The van der Waals surface area contributed by atoms with Gasteiger partial charge in [-0.15, -0.1) is 0 Å². The average molecular weight is 245 g/mol. The number of benzene rings is 1. The van der Waals surface area contributed by atoms with Crippen molar-refractivity contribution in [3.05, 3.63) is 47.2 Å². The number of hydrogen-bond acceptors (Lipinski definition) is 2. The Morgan fingerprint density at radius 2 is 2.11 bits per heavy atom. The Labute approximate surface area is 110 Å². The third-order valence-corrected chi connectivity index (χ3v) is 3.40. The van der Waals surface area contributed by atoms with E-state index in [9.17, 15) is 0 Å². The highest BCUT2D eigenvalue weighted by Crippen LogP contribution is 2.28. The fourth-order valence-electron chi connectivity index (χ4n) is 2.48. The maximum absolute atomic E-state index is 5.85. The maximum Gasteiger partial charge on any atom is 0.113 e. The Hall–Kier alpha value is -1.28. The van der Waals surface area contributed by atoms with Crippen LogP contribution in [0.25, 0.3) is 0 Å². The molecule has 0 radical (unpaired) electrons. The van der Waals surface area contributed by atoms with Gasteiger partial charge in [0.05, 0.1) is 12.6 Å². The Kier molecular flexibility index (Phi) is 4.82. The summed E-state index contributed by atoms with van der Waals surface area (Å²) in [7, 11) is 0. The van der Waals surface area contributed by atoms with Gasteiger partial charge in [0.15, 0.2) is 0 Å². The van der Waals surface area contributed by atoms with Crippen LogP contribution in [-0.2, 0) is 11.2 Å². The van der Waals surface area contributed by atoms with Crippen LogP contribution in [0.5, 0.6) is 0 Å². The normalized spacial score (nSPS) is 16.9. The third kappa shape index (κ3) is 2.94. The second-order valence-electron chi connectivity index (χ2n) is 4.64. The molecule has 0 amide bonds. The quantitative estimate of drug-likeness (QED) is 0.856. The Morgan fingerprint density at radius 3 is 2.78 bits per heavy atom. The molecular formula is C16H23NO. The molecule has 1 heterocycles. The van der Waals surface area contributed by atoms with Crippen LogP contribution < -0.4 is 5.32 Å². The molecule has 1 aliphatic heterocycles. The molecule has 0 saturated carbocycles. The first-order valence-electron chi connectivity index (χ1n) is 7.00. The summed E-state index contributed by atoms with van der Waals surface area (Å²) in [6.07, 6.45) is 5.57. The van der Waals surface area contributed by atoms with Crippen molar-refractivity contribution in [2.24, 2.45) is 0 Å². The molecule has 18 heavy (non-hydrogen) atoms. The van der Waals surface area contributed by atoms with Gasteiger partial charge in [-0.1, -0.05) is 38.1 Å². The average Bonchev–Trinajstić information content (AvgIpc) is 2.46. The molecule has 1 aromatic rings. The topological polar surface area (TPSA) is 21.3 Å². The lowest BCUT2D eigenvalue weighted by Gasteiger charge is -2.26. The predicted octanol–water partition coefficient (Wildman–Crippen LogP) is 3.59. The molecule has 1 aliphatic rings. The van der Waals surface area contributed by atoms with E-state index in [-0.39, 0.29) is 6.04 Å². The summed E-state index contributed by atoms with van der Waals surface area (Å²) >= 11 is 0.